The first-order chi connectivity index (χ1) is 9.45. The summed E-state index contributed by atoms with van der Waals surface area (Å²) in [6.07, 6.45) is 1.12. The average molecular weight is 297 g/mol. The Morgan fingerprint density at radius 3 is 2.80 bits per heavy atom. The summed E-state index contributed by atoms with van der Waals surface area (Å²) in [6.45, 7) is 3.03. The molecular weight excluding hydrogens is 282 g/mol. The minimum absolute atomic E-state index is 0.0565. The summed E-state index contributed by atoms with van der Waals surface area (Å²) in [5, 5.41) is 8.59. The molecule has 0 N–H and O–H groups in total. The van der Waals surface area contributed by atoms with Crippen molar-refractivity contribution in [1.82, 2.24) is 9.29 Å². The van der Waals surface area contributed by atoms with Crippen LogP contribution in [0.25, 0.3) is 0 Å². The lowest BCUT2D eigenvalue weighted by Crippen LogP contribution is -2.24. The Bertz CT molecular complexity index is 585. The van der Waals surface area contributed by atoms with Crippen molar-refractivity contribution in [2.75, 3.05) is 6.54 Å². The first-order valence-corrected chi connectivity index (χ1v) is 6.99. The van der Waals surface area contributed by atoms with Crippen LogP contribution in [0, 0.1) is 11.3 Å². The second-order valence-corrected chi connectivity index (χ2v) is 5.23. The van der Waals surface area contributed by atoms with E-state index in [-0.39, 0.29) is 24.9 Å². The second-order valence-electron chi connectivity index (χ2n) is 4.18. The van der Waals surface area contributed by atoms with Gasteiger partial charge in [-0.3, -0.25) is 0 Å². The molecule has 0 amide bonds. The van der Waals surface area contributed by atoms with Gasteiger partial charge in [-0.1, -0.05) is 6.07 Å². The summed E-state index contributed by atoms with van der Waals surface area (Å²) in [5.41, 5.74) is 0.452. The monoisotopic (exact) mass is 297 g/mol. The Morgan fingerprint density at radius 1 is 1.55 bits per heavy atom. The van der Waals surface area contributed by atoms with Gasteiger partial charge in [-0.15, -0.1) is 0 Å². The third-order valence-corrected chi connectivity index (χ3v) is 3.01. The number of esters is 1. The van der Waals surface area contributed by atoms with E-state index in [1.165, 1.54) is 6.20 Å². The number of thiol groups is 1. The molecule has 108 valence electrons. The zero-order chi connectivity index (χ0) is 15.1. The molecule has 7 nitrogen and oxygen atoms in total. The van der Waals surface area contributed by atoms with E-state index >= 15 is 0 Å². The highest BCUT2D eigenvalue weighted by Crippen LogP contribution is 2.11. The van der Waals surface area contributed by atoms with E-state index in [2.05, 4.69) is 4.98 Å². The van der Waals surface area contributed by atoms with Gasteiger partial charge in [0.25, 0.3) is 0 Å². The predicted octanol–water partition coefficient (Wildman–Crippen LogP) is 0.499. The molecule has 0 aromatic carbocycles. The molecule has 0 fully saturated rings. The molecule has 1 rings (SSSR count). The first-order valence-electron chi connectivity index (χ1n) is 5.86. The largest absolute Gasteiger partial charge is 0.458 e. The summed E-state index contributed by atoms with van der Waals surface area (Å²) < 4.78 is 28.0. The van der Waals surface area contributed by atoms with Crippen LogP contribution in [0.2, 0.25) is 0 Å². The van der Waals surface area contributed by atoms with Gasteiger partial charge >= 0.3 is 5.97 Å². The molecule has 1 heterocycles. The van der Waals surface area contributed by atoms with Crippen molar-refractivity contribution in [1.29, 1.82) is 5.26 Å². The van der Waals surface area contributed by atoms with E-state index in [0.717, 1.165) is 4.31 Å². The van der Waals surface area contributed by atoms with Crippen LogP contribution < -0.4 is 0 Å². The molecule has 0 spiro atoms. The molecule has 0 saturated heterocycles. The number of pyridine rings is 1. The van der Waals surface area contributed by atoms with Gasteiger partial charge in [0.15, 0.2) is 5.69 Å². The molecule has 0 atom stereocenters. The Hall–Kier alpha value is -1.98. The van der Waals surface area contributed by atoms with Crippen molar-refractivity contribution in [3.05, 3.63) is 29.6 Å². The van der Waals surface area contributed by atoms with Crippen LogP contribution in [-0.4, -0.2) is 36.3 Å². The van der Waals surface area contributed by atoms with Crippen molar-refractivity contribution < 1.29 is 17.9 Å². The van der Waals surface area contributed by atoms with Crippen molar-refractivity contribution >= 4 is 16.9 Å². The van der Waals surface area contributed by atoms with E-state index in [9.17, 15) is 13.2 Å². The third-order valence-electron chi connectivity index (χ3n) is 2.26. The lowest BCUT2D eigenvalue weighted by atomic mass is 10.2. The topological polar surface area (TPSA) is 100 Å². The third kappa shape index (κ3) is 4.60. The zero-order valence-electron chi connectivity index (χ0n) is 11.1. The van der Waals surface area contributed by atoms with Crippen molar-refractivity contribution in [3.8, 4) is 6.07 Å². The molecule has 0 aliphatic carbocycles. The fourth-order valence-electron chi connectivity index (χ4n) is 1.47. The quantitative estimate of drug-likeness (QED) is 0.466. The molecule has 0 unspecified atom stereocenters. The molecule has 1 aromatic rings. The summed E-state index contributed by atoms with van der Waals surface area (Å²) in [4.78, 5) is 15.8. The number of aromatic nitrogens is 1. The van der Waals surface area contributed by atoms with Gasteiger partial charge in [-0.25, -0.2) is 18.2 Å². The Morgan fingerprint density at radius 2 is 2.25 bits per heavy atom. The van der Waals surface area contributed by atoms with Gasteiger partial charge < -0.3 is 4.74 Å². The number of nitriles is 1. The van der Waals surface area contributed by atoms with Gasteiger partial charge in [-0.2, -0.15) is 9.57 Å². The molecule has 8 heteroatoms. The predicted molar refractivity (Wildman–Crippen MR) is 71.1 cm³/mol. The molecule has 0 aliphatic rings. The van der Waals surface area contributed by atoms with Crippen molar-refractivity contribution in [2.24, 2.45) is 0 Å². The number of nitrogens with zero attached hydrogens (tertiary/aromatic N) is 3. The minimum Gasteiger partial charge on any atom is -0.458 e. The van der Waals surface area contributed by atoms with Gasteiger partial charge in [0.1, 0.15) is 6.54 Å². The second kappa shape index (κ2) is 7.57. The number of ether oxygens (including phenoxy) is 1. The SMILES string of the molecule is CC(C)OC(=O)c1ncccc1CN(CC#N)[SH](=O)=O. The number of hydrogen-bond acceptors (Lipinski definition) is 6. The van der Waals surface area contributed by atoms with Gasteiger partial charge in [-0.05, 0) is 19.9 Å². The molecule has 1 aromatic heterocycles. The average Bonchev–Trinajstić information content (AvgIpc) is 2.37. The number of carbonyl (C=O) groups is 1. The van der Waals surface area contributed by atoms with Gasteiger partial charge in [0.05, 0.1) is 12.2 Å². The fourth-order valence-corrected chi connectivity index (χ4v) is 1.92. The lowest BCUT2D eigenvalue weighted by molar-refractivity contribution is 0.0369. The molecule has 0 saturated carbocycles. The van der Waals surface area contributed by atoms with Crippen LogP contribution in [-0.2, 0) is 22.2 Å². The summed E-state index contributed by atoms with van der Waals surface area (Å²) in [6, 6.07) is 4.92. The van der Waals surface area contributed by atoms with Gasteiger partial charge in [0, 0.05) is 18.3 Å². The molecular formula is C12H15N3O4S. The highest BCUT2D eigenvalue weighted by molar-refractivity contribution is 7.69. The van der Waals surface area contributed by atoms with Crippen LogP contribution in [0.4, 0.5) is 0 Å². The van der Waals surface area contributed by atoms with Crippen LogP contribution in [0.5, 0.6) is 0 Å². The van der Waals surface area contributed by atoms with Crippen LogP contribution in [0.3, 0.4) is 0 Å². The Labute approximate surface area is 118 Å². The maximum Gasteiger partial charge on any atom is 0.357 e. The fraction of sp³-hybridized carbons (Fsp3) is 0.417. The molecule has 0 aliphatic heterocycles. The van der Waals surface area contributed by atoms with E-state index in [1.54, 1.807) is 32.0 Å². The van der Waals surface area contributed by atoms with E-state index in [4.69, 9.17) is 10.00 Å². The highest BCUT2D eigenvalue weighted by atomic mass is 32.2. The normalized spacial score (nSPS) is 10.8. The maximum absolute atomic E-state index is 11.9. The molecule has 0 bridgehead atoms. The Balaban J connectivity index is 3.01. The number of hydrogen-bond donors (Lipinski definition) is 1. The number of carbonyl (C=O) groups excluding carboxylic acids is 1. The standard InChI is InChI=1S/C12H15N3O4S/c1-9(2)19-12(16)11-10(4-3-6-14-11)8-15(7-5-13)20(17)18/h3-4,6,9,20H,7-8H2,1-2H3. The minimum atomic E-state index is -2.91. The van der Waals surface area contributed by atoms with Crippen LogP contribution in [0.15, 0.2) is 18.3 Å². The smallest absolute Gasteiger partial charge is 0.357 e. The van der Waals surface area contributed by atoms with E-state index < -0.39 is 16.9 Å². The zero-order valence-corrected chi connectivity index (χ0v) is 12.0. The summed E-state index contributed by atoms with van der Waals surface area (Å²) in [7, 11) is -2.91. The Kier molecular flexibility index (Phi) is 6.09. The van der Waals surface area contributed by atoms with E-state index in [1.807, 2.05) is 0 Å². The summed E-state index contributed by atoms with van der Waals surface area (Å²) in [5.74, 6) is -0.617. The molecule has 20 heavy (non-hydrogen) atoms. The maximum atomic E-state index is 11.9. The van der Waals surface area contributed by atoms with Crippen molar-refractivity contribution in [3.63, 3.8) is 0 Å². The summed E-state index contributed by atoms with van der Waals surface area (Å²) >= 11 is 0. The lowest BCUT2D eigenvalue weighted by Gasteiger charge is -2.14. The first kappa shape index (κ1) is 16.1. The van der Waals surface area contributed by atoms with Gasteiger partial charge in [0.2, 0.25) is 10.9 Å². The number of rotatable bonds is 6. The van der Waals surface area contributed by atoms with E-state index in [0.29, 0.717) is 5.56 Å². The van der Waals surface area contributed by atoms with Crippen molar-refractivity contribution in [2.45, 2.75) is 26.5 Å². The van der Waals surface area contributed by atoms with Crippen LogP contribution in [0.1, 0.15) is 29.9 Å². The van der Waals surface area contributed by atoms with Crippen LogP contribution >= 0.6 is 0 Å². The molecule has 0 radical (unpaired) electrons. The highest BCUT2D eigenvalue weighted by Gasteiger charge is 2.18.